The van der Waals surface area contributed by atoms with E-state index in [1.807, 2.05) is 0 Å². The van der Waals surface area contributed by atoms with Crippen molar-refractivity contribution in [2.24, 2.45) is 0 Å². The Morgan fingerprint density at radius 3 is 2.50 bits per heavy atom. The Labute approximate surface area is 134 Å². The van der Waals surface area contributed by atoms with E-state index in [0.29, 0.717) is 6.54 Å². The van der Waals surface area contributed by atoms with Crippen molar-refractivity contribution < 1.29 is 22.7 Å². The molecule has 7 nitrogen and oxygen atoms in total. The zero-order chi connectivity index (χ0) is 16.9. The summed E-state index contributed by atoms with van der Waals surface area (Å²) in [6, 6.07) is 3.70. The molecule has 0 heterocycles. The van der Waals surface area contributed by atoms with Crippen molar-refractivity contribution in [1.82, 2.24) is 9.62 Å². The van der Waals surface area contributed by atoms with Crippen molar-refractivity contribution in [2.75, 3.05) is 27.2 Å². The molecule has 0 aromatic heterocycles. The van der Waals surface area contributed by atoms with E-state index < -0.39 is 28.5 Å². The third kappa shape index (κ3) is 4.43. The topological polar surface area (TPSA) is 92.8 Å². The van der Waals surface area contributed by atoms with Crippen LogP contribution < -0.4 is 5.32 Å². The fraction of sp³-hybridized carbons (Fsp3) is 0.385. The van der Waals surface area contributed by atoms with Gasteiger partial charge in [0.25, 0.3) is 5.91 Å². The van der Waals surface area contributed by atoms with Gasteiger partial charge in [-0.05, 0) is 25.1 Å². The number of likely N-dealkylation sites (N-methyl/N-ethyl adjacent to an activating group) is 1. The fourth-order valence-corrected chi connectivity index (χ4v) is 2.61. The molecule has 122 valence electrons. The summed E-state index contributed by atoms with van der Waals surface area (Å²) < 4.78 is 29.9. The third-order valence-corrected chi connectivity index (χ3v) is 4.79. The minimum atomic E-state index is -3.70. The third-order valence-electron chi connectivity index (χ3n) is 2.64. The second kappa shape index (κ2) is 7.57. The largest absolute Gasteiger partial charge is 0.452 e. The number of esters is 1. The predicted molar refractivity (Wildman–Crippen MR) is 81.3 cm³/mol. The molecule has 1 aromatic rings. The maximum Gasteiger partial charge on any atom is 0.340 e. The minimum absolute atomic E-state index is 0.0404. The molecule has 1 amide bonds. The molecule has 0 aliphatic carbocycles. The van der Waals surface area contributed by atoms with Crippen molar-refractivity contribution in [1.29, 1.82) is 0 Å². The lowest BCUT2D eigenvalue weighted by Crippen LogP contribution is -2.28. The Morgan fingerprint density at radius 2 is 1.95 bits per heavy atom. The average molecular weight is 349 g/mol. The van der Waals surface area contributed by atoms with Crippen LogP contribution in [0.4, 0.5) is 0 Å². The van der Waals surface area contributed by atoms with E-state index in [4.69, 9.17) is 16.3 Å². The molecule has 1 rings (SSSR count). The highest BCUT2D eigenvalue weighted by Gasteiger charge is 2.21. The Morgan fingerprint density at radius 1 is 1.32 bits per heavy atom. The fourth-order valence-electron chi connectivity index (χ4n) is 1.49. The monoisotopic (exact) mass is 348 g/mol. The highest BCUT2D eigenvalue weighted by molar-refractivity contribution is 7.89. The van der Waals surface area contributed by atoms with Gasteiger partial charge in [-0.15, -0.1) is 0 Å². The van der Waals surface area contributed by atoms with E-state index >= 15 is 0 Å². The first kappa shape index (κ1) is 18.4. The van der Waals surface area contributed by atoms with Crippen molar-refractivity contribution >= 4 is 33.5 Å². The molecule has 0 saturated heterocycles. The number of hydrogen-bond donors (Lipinski definition) is 1. The lowest BCUT2D eigenvalue weighted by atomic mass is 10.2. The quantitative estimate of drug-likeness (QED) is 0.770. The number of sulfonamides is 1. The number of benzene rings is 1. The van der Waals surface area contributed by atoms with Gasteiger partial charge in [0, 0.05) is 20.6 Å². The van der Waals surface area contributed by atoms with E-state index in [-0.39, 0.29) is 15.5 Å². The first-order valence-electron chi connectivity index (χ1n) is 6.36. The SMILES string of the molecule is CCNC(=O)COC(=O)c1cc(S(=O)(=O)N(C)C)ccc1Cl. The molecule has 0 radical (unpaired) electrons. The van der Waals surface area contributed by atoms with Gasteiger partial charge in [0.1, 0.15) is 0 Å². The summed E-state index contributed by atoms with van der Waals surface area (Å²) in [6.45, 7) is 1.67. The molecule has 22 heavy (non-hydrogen) atoms. The molecule has 1 aromatic carbocycles. The zero-order valence-corrected chi connectivity index (χ0v) is 14.0. The van der Waals surface area contributed by atoms with Gasteiger partial charge in [-0.2, -0.15) is 0 Å². The van der Waals surface area contributed by atoms with E-state index in [0.717, 1.165) is 10.4 Å². The molecule has 0 atom stereocenters. The van der Waals surface area contributed by atoms with Crippen molar-refractivity contribution in [3.63, 3.8) is 0 Å². The first-order chi connectivity index (χ1) is 10.2. The summed E-state index contributed by atoms with van der Waals surface area (Å²) in [4.78, 5) is 23.1. The average Bonchev–Trinajstić information content (AvgIpc) is 2.45. The normalized spacial score (nSPS) is 11.3. The van der Waals surface area contributed by atoms with Crippen LogP contribution in [0.2, 0.25) is 5.02 Å². The smallest absolute Gasteiger partial charge is 0.340 e. The molecule has 0 saturated carbocycles. The zero-order valence-electron chi connectivity index (χ0n) is 12.4. The van der Waals surface area contributed by atoms with Crippen LogP contribution in [0.15, 0.2) is 23.1 Å². The number of nitrogens with zero attached hydrogens (tertiary/aromatic N) is 1. The first-order valence-corrected chi connectivity index (χ1v) is 8.17. The van der Waals surface area contributed by atoms with Crippen LogP contribution in [0.1, 0.15) is 17.3 Å². The van der Waals surface area contributed by atoms with Gasteiger partial charge < -0.3 is 10.1 Å². The van der Waals surface area contributed by atoms with Crippen molar-refractivity contribution in [3.05, 3.63) is 28.8 Å². The second-order valence-electron chi connectivity index (χ2n) is 4.46. The molecule has 0 spiro atoms. The van der Waals surface area contributed by atoms with Crippen LogP contribution in [0.3, 0.4) is 0 Å². The lowest BCUT2D eigenvalue weighted by molar-refractivity contribution is -0.124. The predicted octanol–water partition coefficient (Wildman–Crippen LogP) is 0.883. The number of ether oxygens (including phenoxy) is 1. The standard InChI is InChI=1S/C13H17ClN2O5S/c1-4-15-12(17)8-21-13(18)10-7-9(5-6-11(10)14)22(19,20)16(2)3/h5-7H,4,8H2,1-3H3,(H,15,17). The van der Waals surface area contributed by atoms with Gasteiger partial charge in [0.15, 0.2) is 6.61 Å². The van der Waals surface area contributed by atoms with Gasteiger partial charge in [-0.25, -0.2) is 17.5 Å². The highest BCUT2D eigenvalue weighted by atomic mass is 35.5. The molecule has 0 aliphatic heterocycles. The van der Waals surface area contributed by atoms with Gasteiger partial charge in [-0.1, -0.05) is 11.6 Å². The van der Waals surface area contributed by atoms with Crippen LogP contribution in [-0.4, -0.2) is 51.8 Å². The van der Waals surface area contributed by atoms with Crippen LogP contribution in [0.5, 0.6) is 0 Å². The van der Waals surface area contributed by atoms with E-state index in [2.05, 4.69) is 5.32 Å². The number of nitrogens with one attached hydrogen (secondary N) is 1. The van der Waals surface area contributed by atoms with Gasteiger partial charge in [-0.3, -0.25) is 4.79 Å². The summed E-state index contributed by atoms with van der Waals surface area (Å²) in [5.74, 6) is -1.32. The summed E-state index contributed by atoms with van der Waals surface area (Å²) in [6.07, 6.45) is 0. The van der Waals surface area contributed by atoms with Gasteiger partial charge in [0.2, 0.25) is 10.0 Å². The Kier molecular flexibility index (Phi) is 6.34. The molecule has 9 heteroatoms. The maximum atomic E-state index is 12.0. The van der Waals surface area contributed by atoms with Crippen LogP contribution in [-0.2, 0) is 19.6 Å². The molecule has 0 fully saturated rings. The Bertz CT molecular complexity index is 673. The van der Waals surface area contributed by atoms with Gasteiger partial charge >= 0.3 is 5.97 Å². The summed E-state index contributed by atoms with van der Waals surface area (Å²) in [7, 11) is -0.958. The number of hydrogen-bond acceptors (Lipinski definition) is 5. The lowest BCUT2D eigenvalue weighted by Gasteiger charge is -2.13. The number of carbonyl (C=O) groups is 2. The van der Waals surface area contributed by atoms with Crippen LogP contribution in [0, 0.1) is 0 Å². The summed E-state index contributed by atoms with van der Waals surface area (Å²) in [5, 5.41) is 2.51. The number of carbonyl (C=O) groups excluding carboxylic acids is 2. The molecular weight excluding hydrogens is 332 g/mol. The Balaban J connectivity index is 3.00. The second-order valence-corrected chi connectivity index (χ2v) is 7.02. The van der Waals surface area contributed by atoms with E-state index in [1.54, 1.807) is 6.92 Å². The van der Waals surface area contributed by atoms with Crippen molar-refractivity contribution in [2.45, 2.75) is 11.8 Å². The minimum Gasteiger partial charge on any atom is -0.452 e. The molecule has 0 aliphatic rings. The number of halogens is 1. The number of rotatable bonds is 6. The number of amides is 1. The van der Waals surface area contributed by atoms with Gasteiger partial charge in [0.05, 0.1) is 15.5 Å². The maximum absolute atomic E-state index is 12.0. The summed E-state index contributed by atoms with van der Waals surface area (Å²) in [5.41, 5.74) is -0.117. The Hall–Kier alpha value is -1.64. The highest BCUT2D eigenvalue weighted by Crippen LogP contribution is 2.22. The van der Waals surface area contributed by atoms with E-state index in [9.17, 15) is 18.0 Å². The van der Waals surface area contributed by atoms with Crippen LogP contribution >= 0.6 is 11.6 Å². The molecule has 1 N–H and O–H groups in total. The molecule has 0 unspecified atom stereocenters. The van der Waals surface area contributed by atoms with Crippen LogP contribution in [0.25, 0.3) is 0 Å². The summed E-state index contributed by atoms with van der Waals surface area (Å²) >= 11 is 5.89. The van der Waals surface area contributed by atoms with Crippen molar-refractivity contribution in [3.8, 4) is 0 Å². The van der Waals surface area contributed by atoms with E-state index in [1.165, 1.54) is 26.2 Å². The molecule has 0 bridgehead atoms. The molecular formula is C13H17ClN2O5S.